The highest BCUT2D eigenvalue weighted by molar-refractivity contribution is 5.68. The Labute approximate surface area is 145 Å². The monoisotopic (exact) mass is 334 g/mol. The molecule has 1 atom stereocenters. The summed E-state index contributed by atoms with van der Waals surface area (Å²) in [7, 11) is 0. The lowest BCUT2D eigenvalue weighted by Crippen LogP contribution is -2.40. The number of hydrogen-bond donors (Lipinski definition) is 1. The second-order valence-corrected chi connectivity index (χ2v) is 7.51. The Morgan fingerprint density at radius 3 is 2.62 bits per heavy atom. The fraction of sp³-hybridized carbons (Fsp3) is 0.632. The molecule has 0 aliphatic carbocycles. The Morgan fingerprint density at radius 2 is 2.12 bits per heavy atom. The maximum atomic E-state index is 12.1. The van der Waals surface area contributed by atoms with Crippen molar-refractivity contribution >= 4 is 6.09 Å². The van der Waals surface area contributed by atoms with Gasteiger partial charge in [-0.05, 0) is 54.0 Å². The Kier molecular flexibility index (Phi) is 5.75. The van der Waals surface area contributed by atoms with E-state index in [0.29, 0.717) is 13.1 Å². The van der Waals surface area contributed by atoms with Crippen molar-refractivity contribution in [2.24, 2.45) is 0 Å². The maximum absolute atomic E-state index is 12.1. The van der Waals surface area contributed by atoms with Crippen molar-refractivity contribution in [1.82, 2.24) is 10.2 Å². The average molecular weight is 334 g/mol. The van der Waals surface area contributed by atoms with E-state index in [-0.39, 0.29) is 12.1 Å². The van der Waals surface area contributed by atoms with Gasteiger partial charge in [-0.2, -0.15) is 0 Å². The van der Waals surface area contributed by atoms with Gasteiger partial charge in [0.05, 0.1) is 0 Å². The number of carbonyl (C=O) groups excluding carboxylic acids is 1. The van der Waals surface area contributed by atoms with Crippen LogP contribution in [-0.4, -0.2) is 36.2 Å². The van der Waals surface area contributed by atoms with Crippen LogP contribution in [0, 0.1) is 13.8 Å². The lowest BCUT2D eigenvalue weighted by atomic mass is 10.1. The van der Waals surface area contributed by atoms with Crippen LogP contribution in [0.3, 0.4) is 0 Å². The van der Waals surface area contributed by atoms with Crippen LogP contribution in [0.15, 0.2) is 22.1 Å². The van der Waals surface area contributed by atoms with Crippen LogP contribution in [0.25, 0.3) is 0 Å². The summed E-state index contributed by atoms with van der Waals surface area (Å²) in [5.74, 6) is 1.92. The Balaban J connectivity index is 1.83. The minimum atomic E-state index is -0.446. The number of aryl methyl sites for hydroxylation is 2. The highest BCUT2D eigenvalue weighted by Crippen LogP contribution is 2.22. The largest absolute Gasteiger partial charge is 0.466 e. The van der Waals surface area contributed by atoms with E-state index in [1.807, 2.05) is 34.6 Å². The van der Waals surface area contributed by atoms with Crippen LogP contribution >= 0.6 is 0 Å². The number of hydrogen-bond acceptors (Lipinski definition) is 4. The number of ether oxygens (including phenoxy) is 1. The van der Waals surface area contributed by atoms with Crippen molar-refractivity contribution in [3.05, 3.63) is 34.8 Å². The molecule has 0 saturated carbocycles. The third kappa shape index (κ3) is 5.13. The van der Waals surface area contributed by atoms with Crippen molar-refractivity contribution in [3.8, 4) is 0 Å². The normalized spacial score (nSPS) is 16.8. The first-order chi connectivity index (χ1) is 11.2. The summed E-state index contributed by atoms with van der Waals surface area (Å²) in [6, 6.07) is 2.33. The second-order valence-electron chi connectivity index (χ2n) is 7.51. The van der Waals surface area contributed by atoms with E-state index < -0.39 is 5.60 Å². The van der Waals surface area contributed by atoms with Crippen LogP contribution in [0.4, 0.5) is 4.79 Å². The molecule has 1 N–H and O–H groups in total. The molecular formula is C19H30N2O3. The van der Waals surface area contributed by atoms with E-state index in [4.69, 9.17) is 9.15 Å². The first-order valence-corrected chi connectivity index (χ1v) is 8.62. The molecule has 1 aromatic rings. The third-order valence-electron chi connectivity index (χ3n) is 4.14. The molecule has 0 spiro atoms. The lowest BCUT2D eigenvalue weighted by molar-refractivity contribution is 0.0265. The summed E-state index contributed by atoms with van der Waals surface area (Å²) in [6.45, 7) is 13.9. The molecule has 0 saturated heterocycles. The molecule has 2 rings (SSSR count). The van der Waals surface area contributed by atoms with Gasteiger partial charge in [0, 0.05) is 31.2 Å². The smallest absolute Gasteiger partial charge is 0.410 e. The number of furan rings is 1. The molecule has 1 aromatic heterocycles. The quantitative estimate of drug-likeness (QED) is 0.842. The van der Waals surface area contributed by atoms with Crippen LogP contribution in [0.1, 0.15) is 57.2 Å². The lowest BCUT2D eigenvalue weighted by Gasteiger charge is -2.30. The Bertz CT molecular complexity index is 611. The SMILES string of the molecule is Cc1cc(C(C)NCC2=CCN(C(=O)OC(C)(C)C)CC2)c(C)o1. The van der Waals surface area contributed by atoms with Gasteiger partial charge in [0.15, 0.2) is 0 Å². The maximum Gasteiger partial charge on any atom is 0.410 e. The average Bonchev–Trinajstić information content (AvgIpc) is 2.82. The van der Waals surface area contributed by atoms with Gasteiger partial charge in [-0.3, -0.25) is 0 Å². The van der Waals surface area contributed by atoms with E-state index >= 15 is 0 Å². The fourth-order valence-corrected chi connectivity index (χ4v) is 2.84. The molecule has 5 heteroatoms. The van der Waals surface area contributed by atoms with Crippen LogP contribution in [0.5, 0.6) is 0 Å². The molecule has 1 aliphatic rings. The van der Waals surface area contributed by atoms with Gasteiger partial charge < -0.3 is 19.4 Å². The molecule has 1 amide bonds. The van der Waals surface area contributed by atoms with Gasteiger partial charge in [-0.1, -0.05) is 11.6 Å². The van der Waals surface area contributed by atoms with Gasteiger partial charge >= 0.3 is 6.09 Å². The zero-order valence-electron chi connectivity index (χ0n) is 15.7. The molecule has 5 nitrogen and oxygen atoms in total. The van der Waals surface area contributed by atoms with Crippen molar-refractivity contribution in [3.63, 3.8) is 0 Å². The number of nitrogens with one attached hydrogen (secondary N) is 1. The number of nitrogens with zero attached hydrogens (tertiary/aromatic N) is 1. The second kappa shape index (κ2) is 7.43. The summed E-state index contributed by atoms with van der Waals surface area (Å²) < 4.78 is 11.0. The van der Waals surface area contributed by atoms with Gasteiger partial charge in [0.2, 0.25) is 0 Å². The molecule has 0 fully saturated rings. The molecule has 0 aromatic carbocycles. The summed E-state index contributed by atoms with van der Waals surface area (Å²) >= 11 is 0. The third-order valence-corrected chi connectivity index (χ3v) is 4.14. The van der Waals surface area contributed by atoms with Crippen molar-refractivity contribution in [2.75, 3.05) is 19.6 Å². The molecule has 1 unspecified atom stereocenters. The molecule has 0 radical (unpaired) electrons. The van der Waals surface area contributed by atoms with Gasteiger partial charge in [0.1, 0.15) is 17.1 Å². The van der Waals surface area contributed by atoms with E-state index in [0.717, 1.165) is 24.5 Å². The number of amides is 1. The summed E-state index contributed by atoms with van der Waals surface area (Å²) in [5, 5.41) is 3.54. The van der Waals surface area contributed by atoms with E-state index in [1.54, 1.807) is 4.90 Å². The van der Waals surface area contributed by atoms with E-state index in [2.05, 4.69) is 24.4 Å². The minimum absolute atomic E-state index is 0.233. The van der Waals surface area contributed by atoms with Crippen molar-refractivity contribution in [2.45, 2.75) is 59.6 Å². The molecule has 24 heavy (non-hydrogen) atoms. The van der Waals surface area contributed by atoms with E-state index in [1.165, 1.54) is 11.1 Å². The molecule has 1 aliphatic heterocycles. The number of rotatable bonds is 4. The molecule has 134 valence electrons. The first kappa shape index (κ1) is 18.6. The topological polar surface area (TPSA) is 54.7 Å². The first-order valence-electron chi connectivity index (χ1n) is 8.62. The Hall–Kier alpha value is -1.75. The molecule has 2 heterocycles. The number of carbonyl (C=O) groups is 1. The standard InChI is InChI=1S/C19H30N2O3/c1-13-11-17(15(3)23-13)14(2)20-12-16-7-9-21(10-8-16)18(22)24-19(4,5)6/h7,11,14,20H,8-10,12H2,1-6H3. The highest BCUT2D eigenvalue weighted by atomic mass is 16.6. The highest BCUT2D eigenvalue weighted by Gasteiger charge is 2.23. The van der Waals surface area contributed by atoms with Crippen LogP contribution in [-0.2, 0) is 4.74 Å². The molecular weight excluding hydrogens is 304 g/mol. The Morgan fingerprint density at radius 1 is 1.42 bits per heavy atom. The molecule has 0 bridgehead atoms. The summed E-state index contributed by atoms with van der Waals surface area (Å²) in [5.41, 5.74) is 2.09. The summed E-state index contributed by atoms with van der Waals surface area (Å²) in [4.78, 5) is 13.8. The summed E-state index contributed by atoms with van der Waals surface area (Å²) in [6.07, 6.45) is 2.77. The van der Waals surface area contributed by atoms with Crippen LogP contribution < -0.4 is 5.32 Å². The predicted molar refractivity (Wildman–Crippen MR) is 95.1 cm³/mol. The predicted octanol–water partition coefficient (Wildman–Crippen LogP) is 4.11. The van der Waals surface area contributed by atoms with E-state index in [9.17, 15) is 4.79 Å². The van der Waals surface area contributed by atoms with Gasteiger partial charge in [-0.25, -0.2) is 4.79 Å². The van der Waals surface area contributed by atoms with Gasteiger partial charge in [-0.15, -0.1) is 0 Å². The zero-order chi connectivity index (χ0) is 17.9. The fourth-order valence-electron chi connectivity index (χ4n) is 2.84. The van der Waals surface area contributed by atoms with Crippen LogP contribution in [0.2, 0.25) is 0 Å². The van der Waals surface area contributed by atoms with Gasteiger partial charge in [0.25, 0.3) is 0 Å². The minimum Gasteiger partial charge on any atom is -0.466 e. The van der Waals surface area contributed by atoms with Crippen molar-refractivity contribution < 1.29 is 13.9 Å². The van der Waals surface area contributed by atoms with Crippen molar-refractivity contribution in [1.29, 1.82) is 0 Å². The zero-order valence-corrected chi connectivity index (χ0v) is 15.7.